The highest BCUT2D eigenvalue weighted by atomic mass is 16.5. The Kier molecular flexibility index (Phi) is 11.4. The van der Waals surface area contributed by atoms with E-state index in [9.17, 15) is 40.2 Å². The van der Waals surface area contributed by atoms with Gasteiger partial charge in [-0.05, 0) is 166 Å². The highest BCUT2D eigenvalue weighted by molar-refractivity contribution is 5.95. The van der Waals surface area contributed by atoms with Crippen molar-refractivity contribution in [3.05, 3.63) is 47.3 Å². The summed E-state index contributed by atoms with van der Waals surface area (Å²) in [7, 11) is 0. The molecule has 19 unspecified atom stereocenters. The summed E-state index contributed by atoms with van der Waals surface area (Å²) in [6.45, 7) is 6.30. The van der Waals surface area contributed by atoms with Gasteiger partial charge in [0.15, 0.2) is 11.7 Å². The van der Waals surface area contributed by atoms with Crippen LogP contribution in [0.5, 0.6) is 0 Å². The number of hydrogen-bond acceptors (Lipinski definition) is 10. The number of aliphatic imine (C=N–C) groups is 1. The largest absolute Gasteiger partial charge is 0.465 e. The first-order chi connectivity index (χ1) is 31.3. The number of ether oxygens (including phenoxy) is 1. The minimum atomic E-state index is -1.83. The Morgan fingerprint density at radius 2 is 1.79 bits per heavy atom. The maximum Gasteiger partial charge on any atom is 0.313 e. The Morgan fingerprint density at radius 1 is 0.985 bits per heavy atom. The lowest BCUT2D eigenvalue weighted by Crippen LogP contribution is -2.66. The van der Waals surface area contributed by atoms with Crippen molar-refractivity contribution in [3.63, 3.8) is 0 Å². The number of ketones is 1. The number of nitrogens with two attached hydrogens (primary N) is 2. The van der Waals surface area contributed by atoms with E-state index in [0.29, 0.717) is 37.2 Å². The minimum absolute atomic E-state index is 0.0285. The Labute approximate surface area is 389 Å². The van der Waals surface area contributed by atoms with Gasteiger partial charge in [-0.15, -0.1) is 5.92 Å². The number of aliphatic hydroxyl groups is 6. The van der Waals surface area contributed by atoms with Crippen LogP contribution < -0.4 is 11.5 Å². The van der Waals surface area contributed by atoms with E-state index in [-0.39, 0.29) is 118 Å². The number of carbonyl (C=O) groups is 2. The highest BCUT2D eigenvalue weighted by Gasteiger charge is 2.75. The van der Waals surface area contributed by atoms with Crippen LogP contribution in [0.1, 0.15) is 129 Å². The molecule has 1 aromatic heterocycles. The first-order valence-electron chi connectivity index (χ1n) is 25.2. The summed E-state index contributed by atoms with van der Waals surface area (Å²) in [6, 6.07) is 1.94. The minimum Gasteiger partial charge on any atom is -0.465 e. The molecule has 66 heavy (non-hydrogen) atoms. The van der Waals surface area contributed by atoms with Crippen LogP contribution in [-0.4, -0.2) is 102 Å². The Hall–Kier alpha value is -3.51. The van der Waals surface area contributed by atoms with Crippen molar-refractivity contribution in [1.29, 1.82) is 0 Å². The molecule has 2 bridgehead atoms. The number of rotatable bonds is 6. The van der Waals surface area contributed by atoms with E-state index in [2.05, 4.69) is 34.8 Å². The fourth-order valence-electron chi connectivity index (χ4n) is 17.7. The number of esters is 1. The standard InChI is InChI=1S/C53H74N4O9/c1-29-7-8-30-9-10-36-34(27-58)23-52(64)15-14-50(36,38(30)19-29)22-31(35-28-66-46(62)44(35)33-12-17-56-26-33)5-4-6-32-24-53(65)39-20-41(59)40-21-42(60)43(61)25-48(40,2)37(39)11-13-51(53,16-18-57-47(54)55)45(32)49(52,3)63/h9,12,17,20,26,29,31-32,34-38,40,42-45,56,58,60-61,63-65H,6-8,10-11,13-16,18-19,21-25,27-28H2,1-3H3,(H4,54,55,57). The van der Waals surface area contributed by atoms with Crippen molar-refractivity contribution in [2.45, 2.75) is 152 Å². The van der Waals surface area contributed by atoms with Crippen molar-refractivity contribution in [1.82, 2.24) is 4.98 Å². The van der Waals surface area contributed by atoms with Gasteiger partial charge in [-0.1, -0.05) is 31.4 Å². The van der Waals surface area contributed by atoms with Crippen LogP contribution in [0.15, 0.2) is 46.8 Å². The van der Waals surface area contributed by atoms with Gasteiger partial charge < -0.3 is 51.8 Å². The van der Waals surface area contributed by atoms with E-state index in [1.165, 1.54) is 5.57 Å². The van der Waals surface area contributed by atoms with Gasteiger partial charge in [0.25, 0.3) is 0 Å². The summed E-state index contributed by atoms with van der Waals surface area (Å²) in [5, 5.41) is 75.2. The number of nitrogens with one attached hydrogen (secondary N) is 1. The molecule has 9 aliphatic rings. The molecule has 1 aliphatic heterocycles. The topological polar surface area (TPSA) is 245 Å². The van der Waals surface area contributed by atoms with Crippen LogP contribution in [-0.2, 0) is 14.3 Å². The molecule has 19 atom stereocenters. The van der Waals surface area contributed by atoms with Gasteiger partial charge in [0.1, 0.15) is 0 Å². The fourth-order valence-corrected chi connectivity index (χ4v) is 17.7. The number of fused-ring (bicyclic) bond motifs is 10. The Morgan fingerprint density at radius 3 is 2.53 bits per heavy atom. The van der Waals surface area contributed by atoms with E-state index >= 15 is 0 Å². The number of aromatic nitrogens is 1. The van der Waals surface area contributed by atoms with Gasteiger partial charge in [-0.2, -0.15) is 0 Å². The molecule has 360 valence electrons. The molecule has 10 rings (SSSR count). The third kappa shape index (κ3) is 6.72. The van der Waals surface area contributed by atoms with Crippen molar-refractivity contribution in [3.8, 4) is 11.8 Å². The first kappa shape index (κ1) is 46.2. The van der Waals surface area contributed by atoms with Gasteiger partial charge >= 0.3 is 5.97 Å². The maximum atomic E-state index is 14.4. The third-order valence-corrected chi connectivity index (χ3v) is 20.7. The van der Waals surface area contributed by atoms with Gasteiger partial charge in [0.2, 0.25) is 0 Å². The normalized spacial score (nSPS) is 49.6. The summed E-state index contributed by atoms with van der Waals surface area (Å²) in [5.41, 5.74) is 7.35. The predicted octanol–water partition coefficient (Wildman–Crippen LogP) is 4.40. The summed E-state index contributed by atoms with van der Waals surface area (Å²) in [6.07, 6.45) is 13.2. The predicted molar refractivity (Wildman–Crippen MR) is 247 cm³/mol. The van der Waals surface area contributed by atoms with E-state index < -0.39 is 68.9 Å². The molecule has 5 saturated carbocycles. The second kappa shape index (κ2) is 16.3. The monoisotopic (exact) mass is 911 g/mol. The Bertz CT molecular complexity index is 2240. The molecular formula is C53H74N4O9. The number of cyclic esters (lactones) is 1. The zero-order valence-electron chi connectivity index (χ0n) is 39.1. The molecule has 0 radical (unpaired) electrons. The van der Waals surface area contributed by atoms with Crippen molar-refractivity contribution >= 4 is 17.7 Å². The molecule has 13 heteroatoms. The molecule has 2 heterocycles. The van der Waals surface area contributed by atoms with Crippen molar-refractivity contribution in [2.24, 2.45) is 91.9 Å². The molecule has 11 N–H and O–H groups in total. The summed E-state index contributed by atoms with van der Waals surface area (Å²) >= 11 is 0. The summed E-state index contributed by atoms with van der Waals surface area (Å²) < 4.78 is 5.94. The zero-order valence-corrected chi connectivity index (χ0v) is 39.1. The molecule has 6 fully saturated rings. The van der Waals surface area contributed by atoms with E-state index in [1.807, 2.05) is 25.4 Å². The molecule has 1 aromatic rings. The molecule has 8 aliphatic carbocycles. The van der Waals surface area contributed by atoms with Crippen LogP contribution >= 0.6 is 0 Å². The van der Waals surface area contributed by atoms with E-state index in [1.54, 1.807) is 13.0 Å². The van der Waals surface area contributed by atoms with Crippen molar-refractivity contribution in [2.75, 3.05) is 19.8 Å². The molecule has 0 aromatic carbocycles. The summed E-state index contributed by atoms with van der Waals surface area (Å²) in [4.78, 5) is 35.8. The fraction of sp³-hybridized carbons (Fsp3) is 0.755. The van der Waals surface area contributed by atoms with Gasteiger partial charge in [0.05, 0.1) is 41.5 Å². The lowest BCUT2D eigenvalue weighted by Gasteiger charge is -2.62. The number of nitrogens with zero attached hydrogens (tertiary/aromatic N) is 1. The van der Waals surface area contributed by atoms with Gasteiger partial charge in [0, 0.05) is 61.1 Å². The second-order valence-electron chi connectivity index (χ2n) is 23.6. The summed E-state index contributed by atoms with van der Waals surface area (Å²) in [5.74, 6) is 4.11. The molecule has 0 amide bonds. The maximum absolute atomic E-state index is 14.4. The number of aromatic amines is 1. The van der Waals surface area contributed by atoms with Crippen molar-refractivity contribution < 1.29 is 45.0 Å². The van der Waals surface area contributed by atoms with Crippen LogP contribution in [0.4, 0.5) is 0 Å². The van der Waals surface area contributed by atoms with Crippen LogP contribution in [0, 0.1) is 87.3 Å². The first-order valence-corrected chi connectivity index (χ1v) is 25.2. The average Bonchev–Trinajstić information content (AvgIpc) is 3.97. The van der Waals surface area contributed by atoms with E-state index in [0.717, 1.165) is 31.2 Å². The van der Waals surface area contributed by atoms with Crippen LogP contribution in [0.3, 0.4) is 0 Å². The van der Waals surface area contributed by atoms with Crippen LogP contribution in [0.2, 0.25) is 0 Å². The Balaban J connectivity index is 1.16. The molecular weight excluding hydrogens is 837 g/mol. The number of guanidine groups is 1. The number of allylic oxidation sites excluding steroid dienone is 3. The molecule has 13 nitrogen and oxygen atoms in total. The lowest BCUT2D eigenvalue weighted by molar-refractivity contribution is -0.228. The average molecular weight is 911 g/mol. The number of aliphatic hydroxyl groups excluding tert-OH is 3. The van der Waals surface area contributed by atoms with Crippen LogP contribution in [0.25, 0.3) is 0 Å². The zero-order chi connectivity index (χ0) is 46.8. The molecule has 1 saturated heterocycles. The van der Waals surface area contributed by atoms with Gasteiger partial charge in [-0.3, -0.25) is 14.6 Å². The number of carbonyl (C=O) groups excluding carboxylic acids is 2. The smallest absolute Gasteiger partial charge is 0.313 e. The quantitative estimate of drug-likeness (QED) is 0.0637. The van der Waals surface area contributed by atoms with E-state index in [4.69, 9.17) is 16.2 Å². The third-order valence-electron chi connectivity index (χ3n) is 20.7. The number of hydrogen-bond donors (Lipinski definition) is 9. The molecule has 1 spiro atoms. The van der Waals surface area contributed by atoms with Gasteiger partial charge in [-0.25, -0.2) is 0 Å². The number of H-pyrrole nitrogens is 1. The SMILES string of the molecule is CC1CCC2=CCC3C(CO)CC4(O)CCC3(CC(C3COC(=O)C3c3cc[nH]c3)C#CCC3CC5(O)C6=CC(=O)C7CC(O)C(O)CC7(C)C6CCC5(CCN=C(N)N)C3C4(C)O)C2C1. The second-order valence-corrected chi connectivity index (χ2v) is 23.6. The highest BCUT2D eigenvalue weighted by Crippen LogP contribution is 2.73. The lowest BCUT2D eigenvalue weighted by atomic mass is 9.44.